The average molecular weight is 1090 g/mol. The molecule has 0 radical (unpaired) electrons. The number of nitrogens with zero attached hydrogens (tertiary/aromatic N) is 1. The van der Waals surface area contributed by atoms with E-state index in [1.54, 1.807) is 6.07 Å². The van der Waals surface area contributed by atoms with Gasteiger partial charge in [0.15, 0.2) is 12.4 Å². The van der Waals surface area contributed by atoms with Crippen LogP contribution in [-0.2, 0) is 56.0 Å². The summed E-state index contributed by atoms with van der Waals surface area (Å²) >= 11 is 4.27. The number of thiol groups is 1. The van der Waals surface area contributed by atoms with Crippen molar-refractivity contribution in [1.82, 2.24) is 0 Å². The minimum atomic E-state index is -6.13. The van der Waals surface area contributed by atoms with Gasteiger partial charge in [-0.05, 0) is 30.3 Å². The number of carbonyl (C=O) groups excluding carboxylic acids is 1. The van der Waals surface area contributed by atoms with Crippen LogP contribution >= 0.6 is 12.6 Å². The van der Waals surface area contributed by atoms with E-state index in [2.05, 4.69) is 12.6 Å². The molecule has 392 valence electrons. The predicted octanol–water partition coefficient (Wildman–Crippen LogP) is 13.4. The molecule has 0 fully saturated rings. The van der Waals surface area contributed by atoms with E-state index in [0.29, 0.717) is 12.1 Å². The topological polar surface area (TPSA) is 20.9 Å². The molecule has 0 aliphatic heterocycles. The molecule has 2 nitrogen and oxygen atoms in total. The molecule has 1 heterocycles. The smallest absolute Gasteiger partial charge is 0.287 e. The van der Waals surface area contributed by atoms with Gasteiger partial charge in [-0.15, -0.1) is 12.6 Å². The number of ketones is 1. The van der Waals surface area contributed by atoms with Crippen molar-refractivity contribution >= 4 is 46.4 Å². The van der Waals surface area contributed by atoms with E-state index in [1.165, 1.54) is 0 Å². The summed E-state index contributed by atoms with van der Waals surface area (Å²) in [6.07, 6.45) is -51.1. The molecule has 0 saturated carbocycles. The van der Waals surface area contributed by atoms with E-state index in [9.17, 15) is 110 Å². The maximum absolute atomic E-state index is 14.2. The molecule has 1 aromatic heterocycles. The Balaban J connectivity index is 0.000000520. The van der Waals surface area contributed by atoms with Crippen LogP contribution in [0.5, 0.6) is 0 Å². The monoisotopic (exact) mass is 1090 g/mol. The van der Waals surface area contributed by atoms with Gasteiger partial charge in [0.2, 0.25) is 12.3 Å². The predicted molar refractivity (Wildman–Crippen MR) is 215 cm³/mol. The summed E-state index contributed by atoms with van der Waals surface area (Å²) in [4.78, 5) is 12.7. The van der Waals surface area contributed by atoms with Crippen molar-refractivity contribution in [3.63, 3.8) is 0 Å². The number of benzene rings is 5. The molecule has 0 bridgehead atoms. The molecule has 0 saturated heterocycles. The highest BCUT2D eigenvalue weighted by Crippen LogP contribution is 2.41. The van der Waals surface area contributed by atoms with Crippen LogP contribution in [0.15, 0.2) is 133 Å². The molecule has 6 aromatic rings. The van der Waals surface area contributed by atoms with Crippen LogP contribution in [0.25, 0.3) is 0 Å². The first kappa shape index (κ1) is 57.6. The Morgan fingerprint density at radius 1 is 0.356 bits per heavy atom. The summed E-state index contributed by atoms with van der Waals surface area (Å²) in [5.41, 5.74) is -29.5. The van der Waals surface area contributed by atoms with Crippen molar-refractivity contribution in [3.8, 4) is 0 Å². The van der Waals surface area contributed by atoms with E-state index in [1.807, 2.05) is 53.4 Å². The summed E-state index contributed by atoms with van der Waals surface area (Å²) in [7, 11) is 0. The third-order valence-corrected chi connectivity index (χ3v) is 11.1. The fraction of sp³-hybridized carbons (Fsp3) is 0.200. The zero-order chi connectivity index (χ0) is 55.3. The zero-order valence-corrected chi connectivity index (χ0v) is 36.2. The van der Waals surface area contributed by atoms with E-state index in [0.717, 1.165) is 4.90 Å². The molecule has 0 unspecified atom stereocenters. The summed E-state index contributed by atoms with van der Waals surface area (Å²) in [5.74, 6) is 0.0711. The molecule has 73 heavy (non-hydrogen) atoms. The number of carbonyl (C=O) groups is 1. The van der Waals surface area contributed by atoms with Crippen LogP contribution in [0.3, 0.4) is 0 Å². The van der Waals surface area contributed by atoms with Crippen molar-refractivity contribution in [3.05, 3.63) is 178 Å². The molecular formula is C45H24BF24NOS. The van der Waals surface area contributed by atoms with Gasteiger partial charge in [-0.2, -0.15) is 132 Å². The molecule has 0 aliphatic rings. The lowest BCUT2D eigenvalue weighted by molar-refractivity contribution is -0.683. The number of halogens is 24. The molecule has 0 spiro atoms. The molecule has 0 amide bonds. The highest BCUT2D eigenvalue weighted by Gasteiger charge is 2.47. The first-order valence-corrected chi connectivity index (χ1v) is 20.1. The Kier molecular flexibility index (Phi) is 15.6. The molecular weight excluding hydrogens is 1070 g/mol. The van der Waals surface area contributed by atoms with E-state index in [4.69, 9.17) is 0 Å². The van der Waals surface area contributed by atoms with E-state index in [-0.39, 0.29) is 5.78 Å². The summed E-state index contributed by atoms with van der Waals surface area (Å²) in [5, 5.41) is 0. The number of hydrogen-bond donors (Lipinski definition) is 1. The lowest BCUT2D eigenvalue weighted by Crippen LogP contribution is -2.75. The minimum Gasteiger partial charge on any atom is -0.287 e. The number of Topliss-reactive ketones (excluding diaryl/α,β-unsaturated/α-hetero) is 1. The molecule has 0 atom stereocenters. The molecule has 0 aliphatic carbocycles. The van der Waals surface area contributed by atoms with Crippen LogP contribution in [-0.4, -0.2) is 11.9 Å². The summed E-state index contributed by atoms with van der Waals surface area (Å²) in [6.45, 7) is 0.346. The SMILES string of the molecule is FC(F)(F)c1cc([B-](c2cc(C(F)(F)F)cc(C(F)(F)F)c2)(c2cc(C(F)(F)F)cc(C(F)(F)F)c2)c2cc(C(F)(F)F)cc(C(F)(F)F)c2)cc(C(F)(F)F)c1.O=C(C[n+]1ccccc1)c1ccccc1S. The van der Waals surface area contributed by atoms with Crippen molar-refractivity contribution < 1.29 is 115 Å². The van der Waals surface area contributed by atoms with Gasteiger partial charge < -0.3 is 0 Å². The maximum Gasteiger partial charge on any atom is 0.416 e. The van der Waals surface area contributed by atoms with E-state index >= 15 is 0 Å². The molecule has 5 aromatic carbocycles. The molecule has 6 rings (SSSR count). The van der Waals surface area contributed by atoms with Gasteiger partial charge in [0.05, 0.1) is 44.5 Å². The van der Waals surface area contributed by atoms with Crippen LogP contribution < -0.4 is 26.4 Å². The standard InChI is InChI=1S/C32H12BF24.C13H11NOS/c34-25(35,36)13-1-14(26(37,38)39)6-21(5-13)33(22-7-15(27(40,41)42)2-16(8-22)28(43,44)45,23-9-17(29(46,47)48)3-18(10-23)30(49,50)51)24-11-19(31(52,53)54)4-20(12-24)32(55,56)57;15-12(10-14-8-4-1-5-9-14)11-6-2-3-7-13(11)16/h1-12H;1-9H,10H2/q-1;/p+1. The largest absolute Gasteiger partial charge is 0.416 e. The van der Waals surface area contributed by atoms with Gasteiger partial charge in [-0.3, -0.25) is 4.79 Å². The van der Waals surface area contributed by atoms with Gasteiger partial charge in [0.1, 0.15) is 6.15 Å². The van der Waals surface area contributed by atoms with Crippen molar-refractivity contribution in [2.75, 3.05) is 0 Å². The van der Waals surface area contributed by atoms with Crippen LogP contribution in [0.4, 0.5) is 105 Å². The van der Waals surface area contributed by atoms with Crippen molar-refractivity contribution in [1.29, 1.82) is 0 Å². The number of pyridine rings is 1. The second-order valence-corrected chi connectivity index (χ2v) is 16.2. The highest BCUT2D eigenvalue weighted by atomic mass is 32.1. The van der Waals surface area contributed by atoms with Gasteiger partial charge in [0.25, 0.3) is 0 Å². The Labute approximate surface area is 399 Å². The van der Waals surface area contributed by atoms with Crippen molar-refractivity contribution in [2.45, 2.75) is 60.9 Å². The second kappa shape index (κ2) is 19.8. The van der Waals surface area contributed by atoms with Gasteiger partial charge in [0, 0.05) is 22.6 Å². The van der Waals surface area contributed by atoms with Gasteiger partial charge in [-0.25, -0.2) is 0 Å². The lowest BCUT2D eigenvalue weighted by Gasteiger charge is -2.46. The quantitative estimate of drug-likeness (QED) is 0.0556. The maximum atomic E-state index is 14.2. The highest BCUT2D eigenvalue weighted by molar-refractivity contribution is 7.80. The fourth-order valence-corrected chi connectivity index (χ4v) is 7.86. The second-order valence-electron chi connectivity index (χ2n) is 15.7. The number of alkyl halides is 24. The minimum absolute atomic E-state index is 0.0711. The lowest BCUT2D eigenvalue weighted by atomic mass is 9.12. The summed E-state index contributed by atoms with van der Waals surface area (Å²) in [6, 6.07) is 4.26. The van der Waals surface area contributed by atoms with Crippen LogP contribution in [0, 0.1) is 0 Å². The Hall–Kier alpha value is -6.35. The Bertz CT molecular complexity index is 2530. The zero-order valence-electron chi connectivity index (χ0n) is 35.3. The average Bonchev–Trinajstić information content (AvgIpc) is 3.24. The Morgan fingerprint density at radius 3 is 0.808 bits per heavy atom. The number of aromatic nitrogens is 1. The van der Waals surface area contributed by atoms with Gasteiger partial charge in [-0.1, -0.05) is 72.8 Å². The van der Waals surface area contributed by atoms with Crippen LogP contribution in [0.1, 0.15) is 54.9 Å². The van der Waals surface area contributed by atoms with Crippen molar-refractivity contribution in [2.24, 2.45) is 0 Å². The van der Waals surface area contributed by atoms with Gasteiger partial charge >= 0.3 is 49.4 Å². The van der Waals surface area contributed by atoms with E-state index < -0.39 is 195 Å². The third-order valence-electron chi connectivity index (χ3n) is 10.7. The molecule has 28 heteroatoms. The first-order valence-electron chi connectivity index (χ1n) is 19.6. The fourth-order valence-electron chi connectivity index (χ4n) is 7.57. The normalized spacial score (nSPS) is 13.4. The third kappa shape index (κ3) is 13.4. The number of rotatable bonds is 7. The number of hydrogen-bond acceptors (Lipinski definition) is 2. The first-order chi connectivity index (χ1) is 33.0. The Morgan fingerprint density at radius 2 is 0.589 bits per heavy atom. The summed E-state index contributed by atoms with van der Waals surface area (Å²) < 4.78 is 343. The molecule has 0 N–H and O–H groups in total. The van der Waals surface area contributed by atoms with Crippen LogP contribution in [0.2, 0.25) is 0 Å².